The SMILES string of the molecule is CN(C)CCOC(=O)Nc1ccc(Cl)cc1.Cl. The molecule has 0 saturated heterocycles. The van der Waals surface area contributed by atoms with E-state index in [4.69, 9.17) is 16.3 Å². The largest absolute Gasteiger partial charge is 0.448 e. The van der Waals surface area contributed by atoms with E-state index in [-0.39, 0.29) is 12.4 Å². The Morgan fingerprint density at radius 1 is 1.35 bits per heavy atom. The van der Waals surface area contributed by atoms with Crippen LogP contribution in [-0.4, -0.2) is 38.2 Å². The minimum Gasteiger partial charge on any atom is -0.448 e. The molecule has 1 amide bonds. The van der Waals surface area contributed by atoms with Crippen LogP contribution in [0, 0.1) is 0 Å². The molecule has 0 unspecified atom stereocenters. The fourth-order valence-corrected chi connectivity index (χ4v) is 1.13. The molecule has 0 heterocycles. The molecular weight excluding hydrogens is 263 g/mol. The van der Waals surface area contributed by atoms with E-state index in [0.29, 0.717) is 23.9 Å². The summed E-state index contributed by atoms with van der Waals surface area (Å²) in [4.78, 5) is 13.2. The quantitative estimate of drug-likeness (QED) is 0.921. The number of rotatable bonds is 4. The highest BCUT2D eigenvalue weighted by Crippen LogP contribution is 2.13. The van der Waals surface area contributed by atoms with Crippen molar-refractivity contribution in [3.8, 4) is 0 Å². The Morgan fingerprint density at radius 3 is 2.47 bits per heavy atom. The van der Waals surface area contributed by atoms with Gasteiger partial charge in [0.05, 0.1) is 0 Å². The van der Waals surface area contributed by atoms with Crippen LogP contribution in [0.15, 0.2) is 24.3 Å². The molecule has 0 fully saturated rings. The maximum absolute atomic E-state index is 11.3. The molecule has 0 bridgehead atoms. The number of nitrogens with zero attached hydrogens (tertiary/aromatic N) is 1. The molecule has 0 aliphatic heterocycles. The highest BCUT2D eigenvalue weighted by atomic mass is 35.5. The van der Waals surface area contributed by atoms with Gasteiger partial charge in [0.1, 0.15) is 6.61 Å². The predicted octanol–water partition coefficient (Wildman–Crippen LogP) is 2.87. The summed E-state index contributed by atoms with van der Waals surface area (Å²) in [6.07, 6.45) is -0.454. The first-order chi connectivity index (χ1) is 7.58. The van der Waals surface area contributed by atoms with Gasteiger partial charge in [-0.05, 0) is 38.4 Å². The minimum absolute atomic E-state index is 0. The number of anilines is 1. The highest BCUT2D eigenvalue weighted by molar-refractivity contribution is 6.30. The van der Waals surface area contributed by atoms with Crippen LogP contribution in [0.1, 0.15) is 0 Å². The summed E-state index contributed by atoms with van der Waals surface area (Å²) in [5.41, 5.74) is 0.666. The summed E-state index contributed by atoms with van der Waals surface area (Å²) < 4.78 is 4.96. The molecule has 1 aromatic rings. The summed E-state index contributed by atoms with van der Waals surface area (Å²) in [7, 11) is 3.83. The van der Waals surface area contributed by atoms with Crippen molar-refractivity contribution in [2.45, 2.75) is 0 Å². The molecule has 0 saturated carbocycles. The first kappa shape index (κ1) is 16.0. The van der Waals surface area contributed by atoms with Gasteiger partial charge in [-0.2, -0.15) is 0 Å². The molecule has 17 heavy (non-hydrogen) atoms. The Hall–Kier alpha value is -0.970. The number of benzene rings is 1. The van der Waals surface area contributed by atoms with Crippen LogP contribution in [0.2, 0.25) is 5.02 Å². The Morgan fingerprint density at radius 2 is 1.94 bits per heavy atom. The van der Waals surface area contributed by atoms with E-state index in [1.165, 1.54) is 0 Å². The standard InChI is InChI=1S/C11H15ClN2O2.ClH/c1-14(2)7-8-16-11(15)13-10-5-3-9(12)4-6-10;/h3-6H,7-8H2,1-2H3,(H,13,15);1H. The second-order valence-corrected chi connectivity index (χ2v) is 4.01. The minimum atomic E-state index is -0.454. The number of hydrogen-bond donors (Lipinski definition) is 1. The number of hydrogen-bond acceptors (Lipinski definition) is 3. The molecule has 0 aliphatic carbocycles. The van der Waals surface area contributed by atoms with Gasteiger partial charge >= 0.3 is 6.09 Å². The van der Waals surface area contributed by atoms with E-state index in [2.05, 4.69) is 5.32 Å². The van der Waals surface area contributed by atoms with E-state index in [0.717, 1.165) is 0 Å². The van der Waals surface area contributed by atoms with Crippen molar-refractivity contribution in [1.29, 1.82) is 0 Å². The van der Waals surface area contributed by atoms with Crippen LogP contribution in [0.3, 0.4) is 0 Å². The number of nitrogens with one attached hydrogen (secondary N) is 1. The van der Waals surface area contributed by atoms with Crippen LogP contribution >= 0.6 is 24.0 Å². The van der Waals surface area contributed by atoms with Crippen molar-refractivity contribution in [2.75, 3.05) is 32.6 Å². The third-order valence-corrected chi connectivity index (χ3v) is 2.11. The lowest BCUT2D eigenvalue weighted by Crippen LogP contribution is -2.22. The van der Waals surface area contributed by atoms with Gasteiger partial charge in [0, 0.05) is 17.3 Å². The van der Waals surface area contributed by atoms with Gasteiger partial charge in [0.15, 0.2) is 0 Å². The Bertz CT molecular complexity index is 342. The molecule has 1 aromatic carbocycles. The lowest BCUT2D eigenvalue weighted by atomic mass is 10.3. The smallest absolute Gasteiger partial charge is 0.411 e. The summed E-state index contributed by atoms with van der Waals surface area (Å²) in [5.74, 6) is 0. The summed E-state index contributed by atoms with van der Waals surface area (Å²) >= 11 is 5.72. The monoisotopic (exact) mass is 278 g/mol. The van der Waals surface area contributed by atoms with Gasteiger partial charge in [-0.25, -0.2) is 4.79 Å². The predicted molar refractivity (Wildman–Crippen MR) is 72.2 cm³/mol. The normalized spacial score (nSPS) is 9.65. The van der Waals surface area contributed by atoms with Crippen molar-refractivity contribution in [2.24, 2.45) is 0 Å². The first-order valence-electron chi connectivity index (χ1n) is 4.92. The van der Waals surface area contributed by atoms with Gasteiger partial charge < -0.3 is 9.64 Å². The average Bonchev–Trinajstić information content (AvgIpc) is 2.21. The Kier molecular flexibility index (Phi) is 7.70. The molecule has 6 heteroatoms. The van der Waals surface area contributed by atoms with E-state index in [9.17, 15) is 4.79 Å². The molecule has 0 radical (unpaired) electrons. The Balaban J connectivity index is 0.00000256. The summed E-state index contributed by atoms with van der Waals surface area (Å²) in [6.45, 7) is 1.07. The lowest BCUT2D eigenvalue weighted by molar-refractivity contribution is 0.151. The molecule has 0 aromatic heterocycles. The zero-order valence-electron chi connectivity index (χ0n) is 9.77. The van der Waals surface area contributed by atoms with Gasteiger partial charge in [-0.1, -0.05) is 11.6 Å². The number of halogens is 2. The van der Waals surface area contributed by atoms with Crippen molar-refractivity contribution >= 4 is 35.8 Å². The third-order valence-electron chi connectivity index (χ3n) is 1.86. The molecule has 1 rings (SSSR count). The molecule has 0 spiro atoms. The van der Waals surface area contributed by atoms with Crippen LogP contribution in [0.25, 0.3) is 0 Å². The Labute approximate surface area is 112 Å². The number of amides is 1. The topological polar surface area (TPSA) is 41.6 Å². The second-order valence-electron chi connectivity index (χ2n) is 3.57. The van der Waals surface area contributed by atoms with Crippen molar-refractivity contribution in [3.05, 3.63) is 29.3 Å². The van der Waals surface area contributed by atoms with Gasteiger partial charge in [-0.3, -0.25) is 5.32 Å². The fraction of sp³-hybridized carbons (Fsp3) is 0.364. The first-order valence-corrected chi connectivity index (χ1v) is 5.30. The van der Waals surface area contributed by atoms with Crippen LogP contribution < -0.4 is 5.32 Å². The highest BCUT2D eigenvalue weighted by Gasteiger charge is 2.02. The molecule has 0 aliphatic rings. The maximum atomic E-state index is 11.3. The second kappa shape index (κ2) is 8.17. The number of carbonyl (C=O) groups is 1. The molecule has 96 valence electrons. The maximum Gasteiger partial charge on any atom is 0.411 e. The van der Waals surface area contributed by atoms with Crippen molar-refractivity contribution in [3.63, 3.8) is 0 Å². The molecule has 1 N–H and O–H groups in total. The van der Waals surface area contributed by atoms with E-state index in [1.54, 1.807) is 24.3 Å². The number of likely N-dealkylation sites (N-methyl/N-ethyl adjacent to an activating group) is 1. The van der Waals surface area contributed by atoms with Crippen molar-refractivity contribution < 1.29 is 9.53 Å². The van der Waals surface area contributed by atoms with Crippen LogP contribution in [-0.2, 0) is 4.74 Å². The van der Waals surface area contributed by atoms with Crippen LogP contribution in [0.4, 0.5) is 10.5 Å². The van der Waals surface area contributed by atoms with Gasteiger partial charge in [-0.15, -0.1) is 12.4 Å². The van der Waals surface area contributed by atoms with Crippen molar-refractivity contribution in [1.82, 2.24) is 4.90 Å². The summed E-state index contributed by atoms with van der Waals surface area (Å²) in [6, 6.07) is 6.85. The lowest BCUT2D eigenvalue weighted by Gasteiger charge is -2.10. The summed E-state index contributed by atoms with van der Waals surface area (Å²) in [5, 5.41) is 3.24. The van der Waals surface area contributed by atoms with Crippen LogP contribution in [0.5, 0.6) is 0 Å². The zero-order chi connectivity index (χ0) is 12.0. The number of ether oxygens (including phenoxy) is 1. The fourth-order valence-electron chi connectivity index (χ4n) is 1.01. The molecule has 0 atom stereocenters. The van der Waals surface area contributed by atoms with E-state index < -0.39 is 6.09 Å². The van der Waals surface area contributed by atoms with E-state index >= 15 is 0 Å². The van der Waals surface area contributed by atoms with Gasteiger partial charge in [0.25, 0.3) is 0 Å². The average molecular weight is 279 g/mol. The third kappa shape index (κ3) is 7.05. The van der Waals surface area contributed by atoms with Gasteiger partial charge in [0.2, 0.25) is 0 Å². The molecule has 4 nitrogen and oxygen atoms in total. The number of carbonyl (C=O) groups excluding carboxylic acids is 1. The van der Waals surface area contributed by atoms with E-state index in [1.807, 2.05) is 19.0 Å². The molecular formula is C11H16Cl2N2O2. The zero-order valence-corrected chi connectivity index (χ0v) is 11.3.